The molecule has 0 radical (unpaired) electrons. The molecular formula is C28H36N4O3S. The summed E-state index contributed by atoms with van der Waals surface area (Å²) in [6.07, 6.45) is 11.0. The monoisotopic (exact) mass is 508 g/mol. The third kappa shape index (κ3) is 5.83. The van der Waals surface area contributed by atoms with Gasteiger partial charge in [0, 0.05) is 18.9 Å². The Morgan fingerprint density at radius 1 is 1.28 bits per heavy atom. The van der Waals surface area contributed by atoms with Crippen LogP contribution in [0.3, 0.4) is 0 Å². The lowest BCUT2D eigenvalue weighted by atomic mass is 10.1. The molecule has 2 atom stereocenters. The van der Waals surface area contributed by atoms with Crippen LogP contribution in [0.5, 0.6) is 0 Å². The van der Waals surface area contributed by atoms with Gasteiger partial charge in [-0.2, -0.15) is 4.98 Å². The fraction of sp³-hybridized carbons (Fsp3) is 0.464. The summed E-state index contributed by atoms with van der Waals surface area (Å²) in [5.41, 5.74) is 3.41. The van der Waals surface area contributed by atoms with E-state index < -0.39 is 16.8 Å². The van der Waals surface area contributed by atoms with Gasteiger partial charge in [-0.05, 0) is 61.4 Å². The second-order valence-electron chi connectivity index (χ2n) is 9.49. The summed E-state index contributed by atoms with van der Waals surface area (Å²) < 4.78 is 6.17. The predicted molar refractivity (Wildman–Crippen MR) is 147 cm³/mol. The van der Waals surface area contributed by atoms with E-state index in [1.165, 1.54) is 16.9 Å². The van der Waals surface area contributed by atoms with Gasteiger partial charge in [0.15, 0.2) is 0 Å². The zero-order valence-electron chi connectivity index (χ0n) is 21.3. The number of thiazole rings is 1. The molecular weight excluding hydrogens is 472 g/mol. The van der Waals surface area contributed by atoms with Gasteiger partial charge < -0.3 is 9.94 Å². The number of rotatable bonds is 12. The van der Waals surface area contributed by atoms with Crippen LogP contribution in [0.15, 0.2) is 49.3 Å². The molecule has 1 aliphatic heterocycles. The van der Waals surface area contributed by atoms with Crippen molar-refractivity contribution >= 4 is 32.7 Å². The number of nitrogens with zero attached hydrogens (tertiary/aromatic N) is 4. The minimum Gasteiger partial charge on any atom is -0.622 e. The number of hydroxylamine groups is 2. The van der Waals surface area contributed by atoms with Gasteiger partial charge in [-0.1, -0.05) is 50.2 Å². The van der Waals surface area contributed by atoms with Crippen molar-refractivity contribution in [3.8, 4) is 0 Å². The number of quaternary nitrogens is 1. The highest BCUT2D eigenvalue weighted by Crippen LogP contribution is 2.38. The molecule has 2 unspecified atom stereocenters. The maximum absolute atomic E-state index is 14.4. The van der Waals surface area contributed by atoms with E-state index in [0.29, 0.717) is 23.8 Å². The normalized spacial score (nSPS) is 20.1. The zero-order valence-corrected chi connectivity index (χ0v) is 22.1. The summed E-state index contributed by atoms with van der Waals surface area (Å²) in [5, 5.41) is 14.8. The van der Waals surface area contributed by atoms with Crippen molar-refractivity contribution in [3.05, 3.63) is 71.2 Å². The van der Waals surface area contributed by atoms with Crippen LogP contribution in [0.25, 0.3) is 10.2 Å². The lowest BCUT2D eigenvalue weighted by Crippen LogP contribution is -2.50. The topological polar surface area (TPSA) is 78.4 Å². The quantitative estimate of drug-likeness (QED) is 0.125. The van der Waals surface area contributed by atoms with E-state index in [1.54, 1.807) is 18.5 Å². The molecule has 0 amide bonds. The van der Waals surface area contributed by atoms with Gasteiger partial charge in [-0.15, -0.1) is 6.58 Å². The van der Waals surface area contributed by atoms with Crippen LogP contribution in [-0.4, -0.2) is 46.8 Å². The van der Waals surface area contributed by atoms with Crippen molar-refractivity contribution in [3.63, 3.8) is 0 Å². The molecule has 4 rings (SSSR count). The number of esters is 1. The summed E-state index contributed by atoms with van der Waals surface area (Å²) in [7, 11) is 0. The maximum Gasteiger partial charge on any atom is 0.343 e. The molecule has 0 spiro atoms. The summed E-state index contributed by atoms with van der Waals surface area (Å²) >= 11 is 1.41. The van der Waals surface area contributed by atoms with Gasteiger partial charge >= 0.3 is 5.97 Å². The number of pyridine rings is 1. The van der Waals surface area contributed by atoms with E-state index in [-0.39, 0.29) is 6.67 Å². The second kappa shape index (κ2) is 12.1. The molecule has 3 heterocycles. The van der Waals surface area contributed by atoms with Crippen LogP contribution >= 0.6 is 11.3 Å². The van der Waals surface area contributed by atoms with E-state index in [2.05, 4.69) is 37.5 Å². The molecule has 8 heteroatoms. The highest BCUT2D eigenvalue weighted by molar-refractivity contribution is 7.22. The molecule has 2 aromatic heterocycles. The molecule has 1 saturated heterocycles. The minimum absolute atomic E-state index is 0.188. The van der Waals surface area contributed by atoms with Crippen molar-refractivity contribution in [1.29, 1.82) is 0 Å². The van der Waals surface area contributed by atoms with E-state index in [1.807, 2.05) is 17.0 Å². The Labute approximate surface area is 217 Å². The van der Waals surface area contributed by atoms with Gasteiger partial charge in [0.05, 0.1) is 22.3 Å². The largest absolute Gasteiger partial charge is 0.622 e. The Balaban J connectivity index is 1.62. The fourth-order valence-corrected chi connectivity index (χ4v) is 5.67. The molecule has 7 nitrogen and oxygen atoms in total. The predicted octanol–water partition coefficient (Wildman–Crippen LogP) is 6.21. The van der Waals surface area contributed by atoms with Crippen molar-refractivity contribution in [2.24, 2.45) is 0 Å². The smallest absolute Gasteiger partial charge is 0.343 e. The second-order valence-corrected chi connectivity index (χ2v) is 10.5. The molecule has 1 aromatic carbocycles. The highest BCUT2D eigenvalue weighted by atomic mass is 32.1. The van der Waals surface area contributed by atoms with E-state index >= 15 is 0 Å². The summed E-state index contributed by atoms with van der Waals surface area (Å²) in [6.45, 7) is 9.32. The van der Waals surface area contributed by atoms with Crippen molar-refractivity contribution in [1.82, 2.24) is 19.5 Å². The highest BCUT2D eigenvalue weighted by Gasteiger charge is 2.46. The summed E-state index contributed by atoms with van der Waals surface area (Å²) in [6, 6.07) is 7.92. The van der Waals surface area contributed by atoms with Gasteiger partial charge in [-0.3, -0.25) is 9.63 Å². The Morgan fingerprint density at radius 3 is 2.86 bits per heavy atom. The molecule has 192 valence electrons. The van der Waals surface area contributed by atoms with Crippen molar-refractivity contribution < 1.29 is 9.53 Å². The van der Waals surface area contributed by atoms with Gasteiger partial charge in [0.1, 0.15) is 6.67 Å². The number of benzene rings is 1. The first-order valence-corrected chi connectivity index (χ1v) is 13.8. The van der Waals surface area contributed by atoms with E-state index in [0.717, 1.165) is 60.7 Å². The van der Waals surface area contributed by atoms with Gasteiger partial charge in [0.2, 0.25) is 0 Å². The minimum atomic E-state index is -0.894. The molecule has 1 fully saturated rings. The van der Waals surface area contributed by atoms with E-state index in [4.69, 9.17) is 9.72 Å². The third-order valence-corrected chi connectivity index (χ3v) is 7.82. The lowest BCUT2D eigenvalue weighted by molar-refractivity contribution is 0.00552. The number of ether oxygens (including phenoxy) is 1. The molecule has 0 bridgehead atoms. The Bertz CT molecular complexity index is 1200. The number of hydrogen-bond donors (Lipinski definition) is 0. The van der Waals surface area contributed by atoms with Crippen molar-refractivity contribution in [2.75, 3.05) is 19.8 Å². The fourth-order valence-electron chi connectivity index (χ4n) is 4.58. The first kappa shape index (κ1) is 26.4. The van der Waals surface area contributed by atoms with Crippen LogP contribution in [0.4, 0.5) is 5.13 Å². The average molecular weight is 509 g/mol. The Hall–Kier alpha value is -2.65. The maximum atomic E-state index is 14.4. The average Bonchev–Trinajstić information content (AvgIpc) is 3.46. The van der Waals surface area contributed by atoms with Gasteiger partial charge in [0.25, 0.3) is 11.4 Å². The van der Waals surface area contributed by atoms with Crippen LogP contribution in [0.2, 0.25) is 0 Å². The molecule has 3 aromatic rings. The Morgan fingerprint density at radius 2 is 2.08 bits per heavy atom. The van der Waals surface area contributed by atoms with E-state index in [9.17, 15) is 10.0 Å². The number of aryl methyl sites for hydroxylation is 2. The molecule has 0 aliphatic carbocycles. The number of carbonyl (C=O) groups is 1. The van der Waals surface area contributed by atoms with Crippen LogP contribution in [0.1, 0.15) is 67.4 Å². The molecule has 0 saturated carbocycles. The first-order chi connectivity index (χ1) is 17.5. The SMILES string of the molecule is C=CCCN1CC(OC(=O)c2ccncc2CCCC)[N+]([O-])(c2nc3ccc(CCCC)cc3s2)C1. The number of fused-ring (bicyclic) bond motifs is 1. The molecule has 36 heavy (non-hydrogen) atoms. The summed E-state index contributed by atoms with van der Waals surface area (Å²) in [5.74, 6) is -0.472. The number of aromatic nitrogens is 2. The van der Waals surface area contributed by atoms with Gasteiger partial charge in [-0.25, -0.2) is 9.69 Å². The molecule has 1 aliphatic rings. The standard InChI is InChI=1S/C28H36N4O3S/c1-4-7-10-21-12-13-24-25(17-21)36-28(30-24)32(34)20-31(16-9-6-3)19-26(32)35-27(33)23-14-15-29-18-22(23)11-8-5-2/h6,12-15,17-18,26H,3-5,7-11,16,19-20H2,1-2H3. The summed E-state index contributed by atoms with van der Waals surface area (Å²) in [4.78, 5) is 24.2. The van der Waals surface area contributed by atoms with Crippen LogP contribution in [0, 0.1) is 5.21 Å². The molecule has 0 N–H and O–H groups in total. The third-order valence-electron chi connectivity index (χ3n) is 6.69. The number of hydrogen-bond acceptors (Lipinski definition) is 7. The number of unbranched alkanes of at least 4 members (excludes halogenated alkanes) is 2. The van der Waals surface area contributed by atoms with Crippen LogP contribution in [-0.2, 0) is 17.6 Å². The zero-order chi connectivity index (χ0) is 25.5. The number of carbonyl (C=O) groups excluding carboxylic acids is 1. The Kier molecular flexibility index (Phi) is 8.85. The van der Waals surface area contributed by atoms with Crippen molar-refractivity contribution in [2.45, 2.75) is 65.0 Å². The van der Waals surface area contributed by atoms with Crippen LogP contribution < -0.4 is 4.65 Å². The lowest BCUT2D eigenvalue weighted by Gasteiger charge is -2.38. The first-order valence-electron chi connectivity index (χ1n) is 12.9.